The van der Waals surface area contributed by atoms with Crippen LogP contribution in [-0.4, -0.2) is 36.5 Å². The van der Waals surface area contributed by atoms with Gasteiger partial charge in [0.1, 0.15) is 11.5 Å². The van der Waals surface area contributed by atoms with Gasteiger partial charge < -0.3 is 14.6 Å². The summed E-state index contributed by atoms with van der Waals surface area (Å²) in [7, 11) is 1.62. The average Bonchev–Trinajstić information content (AvgIpc) is 2.40. The van der Waals surface area contributed by atoms with Crippen molar-refractivity contribution in [3.05, 3.63) is 30.3 Å². The van der Waals surface area contributed by atoms with Gasteiger partial charge >= 0.3 is 0 Å². The third kappa shape index (κ3) is 4.61. The lowest BCUT2D eigenvalue weighted by Crippen LogP contribution is -2.38. The van der Waals surface area contributed by atoms with E-state index < -0.39 is 6.10 Å². The standard InChI is InChI=1S/C14H22O3S/c1-4-12(16-3)13(15)14(17-5-2)18-11-9-7-6-8-10-11/h6-10,12-15H,4-5H2,1-3H3. The zero-order chi connectivity index (χ0) is 13.4. The van der Waals surface area contributed by atoms with E-state index in [1.165, 1.54) is 11.8 Å². The van der Waals surface area contributed by atoms with E-state index in [0.29, 0.717) is 6.61 Å². The van der Waals surface area contributed by atoms with Crippen molar-refractivity contribution in [2.75, 3.05) is 13.7 Å². The number of benzene rings is 1. The number of hydrogen-bond acceptors (Lipinski definition) is 4. The Kier molecular flexibility index (Phi) is 7.35. The van der Waals surface area contributed by atoms with Crippen molar-refractivity contribution < 1.29 is 14.6 Å². The first-order chi connectivity index (χ1) is 8.72. The Balaban J connectivity index is 2.69. The topological polar surface area (TPSA) is 38.7 Å². The maximum atomic E-state index is 10.3. The second-order valence-electron chi connectivity index (χ2n) is 3.93. The summed E-state index contributed by atoms with van der Waals surface area (Å²) in [6, 6.07) is 9.95. The van der Waals surface area contributed by atoms with Crippen molar-refractivity contribution in [3.63, 3.8) is 0 Å². The summed E-state index contributed by atoms with van der Waals surface area (Å²) in [5, 5.41) is 10.3. The van der Waals surface area contributed by atoms with E-state index in [1.54, 1.807) is 7.11 Å². The molecule has 1 N–H and O–H groups in total. The van der Waals surface area contributed by atoms with Crippen molar-refractivity contribution >= 4 is 11.8 Å². The van der Waals surface area contributed by atoms with Crippen LogP contribution in [0.1, 0.15) is 20.3 Å². The van der Waals surface area contributed by atoms with Gasteiger partial charge in [0.15, 0.2) is 0 Å². The lowest BCUT2D eigenvalue weighted by atomic mass is 10.1. The van der Waals surface area contributed by atoms with E-state index in [2.05, 4.69) is 0 Å². The molecule has 0 amide bonds. The molecule has 3 nitrogen and oxygen atoms in total. The Labute approximate surface area is 113 Å². The van der Waals surface area contributed by atoms with Gasteiger partial charge in [-0.05, 0) is 25.5 Å². The average molecular weight is 270 g/mol. The molecule has 0 saturated carbocycles. The fourth-order valence-corrected chi connectivity index (χ4v) is 2.82. The highest BCUT2D eigenvalue weighted by Gasteiger charge is 2.28. The number of hydrogen-bond donors (Lipinski definition) is 1. The van der Waals surface area contributed by atoms with Crippen LogP contribution in [0.25, 0.3) is 0 Å². The fourth-order valence-electron chi connectivity index (χ4n) is 1.72. The number of aliphatic hydroxyl groups excluding tert-OH is 1. The molecule has 0 fully saturated rings. The van der Waals surface area contributed by atoms with Crippen molar-refractivity contribution in [1.82, 2.24) is 0 Å². The van der Waals surface area contributed by atoms with Gasteiger partial charge in [-0.1, -0.05) is 36.9 Å². The van der Waals surface area contributed by atoms with Gasteiger partial charge in [0, 0.05) is 18.6 Å². The zero-order valence-electron chi connectivity index (χ0n) is 11.2. The van der Waals surface area contributed by atoms with E-state index in [4.69, 9.17) is 9.47 Å². The Morgan fingerprint density at radius 3 is 2.39 bits per heavy atom. The molecular formula is C14H22O3S. The van der Waals surface area contributed by atoms with Gasteiger partial charge in [0.25, 0.3) is 0 Å². The minimum atomic E-state index is -0.634. The molecule has 3 atom stereocenters. The fraction of sp³-hybridized carbons (Fsp3) is 0.571. The number of aliphatic hydroxyl groups is 1. The second kappa shape index (κ2) is 8.53. The molecule has 0 spiro atoms. The summed E-state index contributed by atoms with van der Waals surface area (Å²) < 4.78 is 10.9. The molecule has 18 heavy (non-hydrogen) atoms. The van der Waals surface area contributed by atoms with Crippen molar-refractivity contribution in [2.45, 2.75) is 42.8 Å². The maximum absolute atomic E-state index is 10.3. The zero-order valence-corrected chi connectivity index (χ0v) is 12.0. The first-order valence-corrected chi connectivity index (χ1v) is 7.15. The van der Waals surface area contributed by atoms with Crippen molar-refractivity contribution in [2.24, 2.45) is 0 Å². The second-order valence-corrected chi connectivity index (χ2v) is 5.10. The van der Waals surface area contributed by atoms with E-state index in [-0.39, 0.29) is 11.5 Å². The lowest BCUT2D eigenvalue weighted by Gasteiger charge is -2.27. The maximum Gasteiger partial charge on any atom is 0.136 e. The number of ether oxygens (including phenoxy) is 2. The molecule has 102 valence electrons. The highest BCUT2D eigenvalue weighted by molar-refractivity contribution is 7.99. The molecule has 3 unspecified atom stereocenters. The van der Waals surface area contributed by atoms with Crippen LogP contribution in [0.2, 0.25) is 0 Å². The monoisotopic (exact) mass is 270 g/mol. The molecule has 4 heteroatoms. The summed E-state index contributed by atoms with van der Waals surface area (Å²) >= 11 is 1.53. The van der Waals surface area contributed by atoms with Gasteiger partial charge in [0.2, 0.25) is 0 Å². The Morgan fingerprint density at radius 1 is 1.22 bits per heavy atom. The lowest BCUT2D eigenvalue weighted by molar-refractivity contribution is -0.0676. The first kappa shape index (κ1) is 15.5. The van der Waals surface area contributed by atoms with Crippen LogP contribution in [-0.2, 0) is 9.47 Å². The molecule has 0 aromatic heterocycles. The van der Waals surface area contributed by atoms with E-state index >= 15 is 0 Å². The Morgan fingerprint density at radius 2 is 1.89 bits per heavy atom. The molecule has 0 aliphatic heterocycles. The minimum Gasteiger partial charge on any atom is -0.387 e. The van der Waals surface area contributed by atoms with Crippen LogP contribution in [0.4, 0.5) is 0 Å². The summed E-state index contributed by atoms with van der Waals surface area (Å²) in [5.74, 6) is 0. The van der Waals surface area contributed by atoms with E-state index in [9.17, 15) is 5.11 Å². The molecule has 1 rings (SSSR count). The molecule has 0 radical (unpaired) electrons. The Hall–Kier alpha value is -0.550. The largest absolute Gasteiger partial charge is 0.387 e. The predicted molar refractivity (Wildman–Crippen MR) is 74.8 cm³/mol. The summed E-state index contributed by atoms with van der Waals surface area (Å²) in [5.41, 5.74) is -0.303. The highest BCUT2D eigenvalue weighted by Crippen LogP contribution is 2.28. The number of rotatable bonds is 8. The van der Waals surface area contributed by atoms with Gasteiger partial charge in [-0.2, -0.15) is 0 Å². The summed E-state index contributed by atoms with van der Waals surface area (Å²) in [6.45, 7) is 4.49. The Bertz CT molecular complexity index is 314. The molecule has 0 bridgehead atoms. The predicted octanol–water partition coefficient (Wildman–Crippen LogP) is 2.93. The van der Waals surface area contributed by atoms with Crippen LogP contribution in [0, 0.1) is 0 Å². The van der Waals surface area contributed by atoms with Gasteiger partial charge in [-0.25, -0.2) is 0 Å². The molecule has 0 saturated heterocycles. The first-order valence-electron chi connectivity index (χ1n) is 6.27. The van der Waals surface area contributed by atoms with Crippen LogP contribution in [0.5, 0.6) is 0 Å². The quantitative estimate of drug-likeness (QED) is 0.582. The third-order valence-corrected chi connectivity index (χ3v) is 3.88. The van der Waals surface area contributed by atoms with Crippen LogP contribution in [0.15, 0.2) is 35.2 Å². The van der Waals surface area contributed by atoms with E-state index in [0.717, 1.165) is 11.3 Å². The van der Waals surface area contributed by atoms with Crippen LogP contribution >= 0.6 is 11.8 Å². The van der Waals surface area contributed by atoms with Crippen molar-refractivity contribution in [3.8, 4) is 0 Å². The van der Waals surface area contributed by atoms with E-state index in [1.807, 2.05) is 44.2 Å². The van der Waals surface area contributed by atoms with Gasteiger partial charge in [-0.15, -0.1) is 0 Å². The highest BCUT2D eigenvalue weighted by atomic mass is 32.2. The molecule has 1 aromatic carbocycles. The SMILES string of the molecule is CCOC(Sc1ccccc1)C(O)C(CC)OC. The number of thioether (sulfide) groups is 1. The smallest absolute Gasteiger partial charge is 0.136 e. The van der Waals surface area contributed by atoms with Gasteiger partial charge in [-0.3, -0.25) is 0 Å². The molecule has 0 heterocycles. The number of methoxy groups -OCH3 is 1. The minimum absolute atomic E-state index is 0.197. The summed E-state index contributed by atoms with van der Waals surface area (Å²) in [4.78, 5) is 1.08. The molecule has 0 aliphatic carbocycles. The summed E-state index contributed by atoms with van der Waals surface area (Å²) in [6.07, 6.45) is -0.0701. The van der Waals surface area contributed by atoms with Crippen LogP contribution < -0.4 is 0 Å². The van der Waals surface area contributed by atoms with Gasteiger partial charge in [0.05, 0.1) is 6.10 Å². The normalized spacial score (nSPS) is 16.2. The molecule has 0 aliphatic rings. The van der Waals surface area contributed by atoms with Crippen molar-refractivity contribution in [1.29, 1.82) is 0 Å². The molecular weight excluding hydrogens is 248 g/mol. The molecule has 1 aromatic rings. The third-order valence-electron chi connectivity index (χ3n) is 2.69. The van der Waals surface area contributed by atoms with Crippen LogP contribution in [0.3, 0.4) is 0 Å².